The number of carbonyl (C=O) groups is 2. The third kappa shape index (κ3) is 6.12. The van der Waals surface area contributed by atoms with E-state index in [1.165, 1.54) is 12.4 Å². The number of hydrazine groups is 1. The molecule has 0 aliphatic rings. The van der Waals surface area contributed by atoms with E-state index >= 15 is 0 Å². The first-order valence-electron chi connectivity index (χ1n) is 8.70. The fourth-order valence-corrected chi connectivity index (χ4v) is 2.51. The van der Waals surface area contributed by atoms with Crippen molar-refractivity contribution in [3.05, 3.63) is 95.8 Å². The van der Waals surface area contributed by atoms with Gasteiger partial charge in [0.1, 0.15) is 12.4 Å². The Morgan fingerprint density at radius 3 is 2.38 bits per heavy atom. The Bertz CT molecular complexity index is 997. The third-order valence-corrected chi connectivity index (χ3v) is 4.01. The highest BCUT2D eigenvalue weighted by Crippen LogP contribution is 2.15. The molecule has 3 rings (SSSR count). The van der Waals surface area contributed by atoms with E-state index < -0.39 is 11.8 Å². The minimum Gasteiger partial charge on any atom is -0.489 e. The second-order valence-corrected chi connectivity index (χ2v) is 6.31. The summed E-state index contributed by atoms with van der Waals surface area (Å²) in [6.45, 7) is 0.396. The molecule has 0 bridgehead atoms. The van der Waals surface area contributed by atoms with Crippen molar-refractivity contribution >= 4 is 29.1 Å². The van der Waals surface area contributed by atoms with Gasteiger partial charge in [0.05, 0.1) is 0 Å². The van der Waals surface area contributed by atoms with Crippen molar-refractivity contribution in [3.8, 4) is 5.75 Å². The molecule has 0 saturated carbocycles. The first-order valence-corrected chi connectivity index (χ1v) is 9.11. The molecule has 2 aromatic carbocycles. The normalized spacial score (nSPS) is 9.93. The summed E-state index contributed by atoms with van der Waals surface area (Å²) in [7, 11) is 0. The average Bonchev–Trinajstić information content (AvgIpc) is 2.77. The van der Waals surface area contributed by atoms with Crippen LogP contribution in [0.5, 0.6) is 5.75 Å². The predicted molar refractivity (Wildman–Crippen MR) is 112 cm³/mol. The molecule has 3 aromatic rings. The van der Waals surface area contributed by atoms with Crippen LogP contribution in [0.3, 0.4) is 0 Å². The van der Waals surface area contributed by atoms with Crippen molar-refractivity contribution < 1.29 is 14.3 Å². The molecule has 0 unspecified atom stereocenters. The Morgan fingerprint density at radius 1 is 0.862 bits per heavy atom. The van der Waals surface area contributed by atoms with Gasteiger partial charge in [-0.1, -0.05) is 36.4 Å². The standard InChI is InChI=1S/C21H18N4O3S/c26-19(23-21(29)25-24-20(27)16-9-11-22-12-10-16)17-7-4-8-18(13-17)28-14-15-5-2-1-3-6-15/h1-13H,14H2,(H,24,27)(H2,23,25,26,29). The van der Waals surface area contributed by atoms with Gasteiger partial charge < -0.3 is 4.74 Å². The van der Waals surface area contributed by atoms with E-state index in [-0.39, 0.29) is 5.11 Å². The zero-order valence-corrected chi connectivity index (χ0v) is 16.1. The number of thiocarbonyl (C=S) groups is 1. The Morgan fingerprint density at radius 2 is 1.62 bits per heavy atom. The van der Waals surface area contributed by atoms with Gasteiger partial charge in [-0.05, 0) is 48.1 Å². The highest BCUT2D eigenvalue weighted by molar-refractivity contribution is 7.80. The lowest BCUT2D eigenvalue weighted by Crippen LogP contribution is -2.48. The number of rotatable bonds is 5. The fourth-order valence-electron chi connectivity index (χ4n) is 2.36. The van der Waals surface area contributed by atoms with Crippen LogP contribution in [0.2, 0.25) is 0 Å². The Labute approximate surface area is 173 Å². The number of hydrogen-bond acceptors (Lipinski definition) is 5. The van der Waals surface area contributed by atoms with Crippen LogP contribution >= 0.6 is 12.2 Å². The maximum atomic E-state index is 12.4. The molecular formula is C21H18N4O3S. The van der Waals surface area contributed by atoms with Crippen LogP contribution in [-0.4, -0.2) is 21.9 Å². The van der Waals surface area contributed by atoms with E-state index in [4.69, 9.17) is 17.0 Å². The lowest BCUT2D eigenvalue weighted by Gasteiger charge is -2.11. The smallest absolute Gasteiger partial charge is 0.269 e. The number of pyridine rings is 1. The number of benzene rings is 2. The zero-order valence-electron chi connectivity index (χ0n) is 15.3. The minimum absolute atomic E-state index is 0.0342. The number of aromatic nitrogens is 1. The van der Waals surface area contributed by atoms with Gasteiger partial charge in [0.2, 0.25) is 0 Å². The number of nitrogens with zero attached hydrogens (tertiary/aromatic N) is 1. The number of carbonyl (C=O) groups excluding carboxylic acids is 2. The molecule has 0 fully saturated rings. The Hall–Kier alpha value is -3.78. The van der Waals surface area contributed by atoms with E-state index in [1.54, 1.807) is 36.4 Å². The molecule has 1 heterocycles. The van der Waals surface area contributed by atoms with Crippen molar-refractivity contribution in [1.82, 2.24) is 21.2 Å². The number of nitrogens with one attached hydrogen (secondary N) is 3. The predicted octanol–water partition coefficient (Wildman–Crippen LogP) is 2.61. The molecule has 146 valence electrons. The second-order valence-electron chi connectivity index (χ2n) is 5.90. The van der Waals surface area contributed by atoms with Gasteiger partial charge in [0, 0.05) is 23.5 Å². The molecule has 0 radical (unpaired) electrons. The summed E-state index contributed by atoms with van der Waals surface area (Å²) in [6, 6.07) is 19.6. The molecular weight excluding hydrogens is 388 g/mol. The van der Waals surface area contributed by atoms with E-state index in [0.717, 1.165) is 5.56 Å². The minimum atomic E-state index is -0.425. The molecule has 0 aliphatic heterocycles. The molecule has 1 aromatic heterocycles. The van der Waals surface area contributed by atoms with E-state index in [1.807, 2.05) is 30.3 Å². The van der Waals surface area contributed by atoms with Crippen LogP contribution in [0, 0.1) is 0 Å². The first-order chi connectivity index (χ1) is 14.1. The summed E-state index contributed by atoms with van der Waals surface area (Å²) in [5, 5.41) is 2.47. The van der Waals surface area contributed by atoms with Gasteiger partial charge in [-0.15, -0.1) is 0 Å². The Balaban J connectivity index is 1.50. The number of ether oxygens (including phenoxy) is 1. The van der Waals surface area contributed by atoms with Gasteiger partial charge >= 0.3 is 0 Å². The highest BCUT2D eigenvalue weighted by Gasteiger charge is 2.10. The molecule has 29 heavy (non-hydrogen) atoms. The summed E-state index contributed by atoms with van der Waals surface area (Å²) in [5.41, 5.74) is 6.71. The van der Waals surface area contributed by atoms with Gasteiger partial charge in [-0.25, -0.2) is 0 Å². The summed E-state index contributed by atoms with van der Waals surface area (Å²) >= 11 is 5.05. The molecule has 8 heteroatoms. The van der Waals surface area contributed by atoms with Gasteiger partial charge in [0.25, 0.3) is 11.8 Å². The fraction of sp³-hybridized carbons (Fsp3) is 0.0476. The molecule has 0 atom stereocenters. The number of hydrogen-bond donors (Lipinski definition) is 3. The van der Waals surface area contributed by atoms with Gasteiger partial charge in [0.15, 0.2) is 5.11 Å². The van der Waals surface area contributed by atoms with Crippen LogP contribution in [0.1, 0.15) is 26.3 Å². The second kappa shape index (κ2) is 9.95. The summed E-state index contributed by atoms with van der Waals surface area (Å²) in [5.74, 6) is -0.266. The monoisotopic (exact) mass is 406 g/mol. The zero-order chi connectivity index (χ0) is 20.5. The highest BCUT2D eigenvalue weighted by atomic mass is 32.1. The average molecular weight is 406 g/mol. The molecule has 2 amide bonds. The van der Waals surface area contributed by atoms with Crippen LogP contribution in [0.15, 0.2) is 79.1 Å². The maximum absolute atomic E-state index is 12.4. The van der Waals surface area contributed by atoms with Crippen molar-refractivity contribution in [2.24, 2.45) is 0 Å². The van der Waals surface area contributed by atoms with Crippen LogP contribution in [0.4, 0.5) is 0 Å². The number of amides is 2. The van der Waals surface area contributed by atoms with E-state index in [9.17, 15) is 9.59 Å². The first kappa shape index (κ1) is 20.0. The molecule has 0 aliphatic carbocycles. The topological polar surface area (TPSA) is 92.4 Å². The van der Waals surface area contributed by atoms with Gasteiger partial charge in [-0.3, -0.25) is 30.7 Å². The molecule has 7 nitrogen and oxygen atoms in total. The van der Waals surface area contributed by atoms with Crippen LogP contribution < -0.4 is 20.9 Å². The lowest BCUT2D eigenvalue weighted by atomic mass is 10.2. The summed E-state index contributed by atoms with van der Waals surface area (Å²) in [4.78, 5) is 28.2. The van der Waals surface area contributed by atoms with Crippen molar-refractivity contribution in [3.63, 3.8) is 0 Å². The quantitative estimate of drug-likeness (QED) is 0.446. The van der Waals surface area contributed by atoms with Crippen LogP contribution in [-0.2, 0) is 6.61 Å². The van der Waals surface area contributed by atoms with E-state index in [2.05, 4.69) is 21.2 Å². The molecule has 3 N–H and O–H groups in total. The summed E-state index contributed by atoms with van der Waals surface area (Å²) in [6.07, 6.45) is 3.00. The lowest BCUT2D eigenvalue weighted by molar-refractivity contribution is 0.0934. The third-order valence-electron chi connectivity index (χ3n) is 3.80. The Kier molecular flexibility index (Phi) is 6.85. The summed E-state index contributed by atoms with van der Waals surface area (Å²) < 4.78 is 5.73. The van der Waals surface area contributed by atoms with Crippen molar-refractivity contribution in [2.75, 3.05) is 0 Å². The van der Waals surface area contributed by atoms with Crippen LogP contribution in [0.25, 0.3) is 0 Å². The van der Waals surface area contributed by atoms with Crippen molar-refractivity contribution in [2.45, 2.75) is 6.61 Å². The van der Waals surface area contributed by atoms with E-state index in [0.29, 0.717) is 23.5 Å². The van der Waals surface area contributed by atoms with Gasteiger partial charge in [-0.2, -0.15) is 0 Å². The van der Waals surface area contributed by atoms with Crippen molar-refractivity contribution in [1.29, 1.82) is 0 Å². The maximum Gasteiger partial charge on any atom is 0.269 e. The SMILES string of the molecule is O=C(NNC(=S)NC(=O)c1cccc(OCc2ccccc2)c1)c1ccncc1. The largest absolute Gasteiger partial charge is 0.489 e. The molecule has 0 spiro atoms. The molecule has 0 saturated heterocycles.